The smallest absolute Gasteiger partial charge is 0.0458 e. The number of hydrogen-bond acceptors (Lipinski definition) is 1. The monoisotopic (exact) mass is 275 g/mol. The number of anilines is 2. The Balaban J connectivity index is 2.38. The molecule has 1 nitrogen and oxygen atoms in total. The Kier molecular flexibility index (Phi) is 5.16. The molecule has 0 aliphatic rings. The van der Waals surface area contributed by atoms with Gasteiger partial charge in [0.15, 0.2) is 0 Å². The van der Waals surface area contributed by atoms with Crippen LogP contribution in [0.25, 0.3) is 0 Å². The topological polar surface area (TPSA) is 3.24 Å². The van der Waals surface area contributed by atoms with Crippen LogP contribution >= 0.6 is 0 Å². The fourth-order valence-electron chi connectivity index (χ4n) is 2.08. The van der Waals surface area contributed by atoms with Crippen molar-refractivity contribution in [1.29, 1.82) is 0 Å². The predicted octanol–water partition coefficient (Wildman–Crippen LogP) is 5.70. The highest BCUT2D eigenvalue weighted by molar-refractivity contribution is 5.66. The molecule has 0 fully saturated rings. The van der Waals surface area contributed by atoms with Gasteiger partial charge in [-0.05, 0) is 49.8 Å². The summed E-state index contributed by atoms with van der Waals surface area (Å²) in [5.41, 5.74) is 4.81. The van der Waals surface area contributed by atoms with Crippen molar-refractivity contribution in [1.82, 2.24) is 0 Å². The van der Waals surface area contributed by atoms with Crippen LogP contribution in [0.4, 0.5) is 11.4 Å². The van der Waals surface area contributed by atoms with Crippen molar-refractivity contribution in [3.05, 3.63) is 96.7 Å². The van der Waals surface area contributed by atoms with Crippen LogP contribution in [0.5, 0.6) is 0 Å². The summed E-state index contributed by atoms with van der Waals surface area (Å²) >= 11 is 0. The Morgan fingerprint density at radius 2 is 1.57 bits per heavy atom. The Hall–Kier alpha value is -2.54. The summed E-state index contributed by atoms with van der Waals surface area (Å²) in [4.78, 5) is 2.18. The molecule has 0 spiro atoms. The fourth-order valence-corrected chi connectivity index (χ4v) is 2.08. The van der Waals surface area contributed by atoms with E-state index in [0.29, 0.717) is 0 Å². The molecule has 0 heterocycles. The molecule has 0 N–H and O–H groups in total. The third-order valence-corrected chi connectivity index (χ3v) is 3.19. The van der Waals surface area contributed by atoms with Gasteiger partial charge >= 0.3 is 0 Å². The number of allylic oxidation sites excluding steroid dienone is 4. The number of nitrogens with zero attached hydrogens (tertiary/aromatic N) is 1. The zero-order valence-electron chi connectivity index (χ0n) is 12.7. The molecule has 0 unspecified atom stereocenters. The van der Waals surface area contributed by atoms with Gasteiger partial charge in [0.2, 0.25) is 0 Å². The molecule has 0 aliphatic carbocycles. The van der Waals surface area contributed by atoms with E-state index in [1.54, 1.807) is 6.08 Å². The molecule has 2 aromatic rings. The lowest BCUT2D eigenvalue weighted by Crippen LogP contribution is -2.08. The predicted molar refractivity (Wildman–Crippen MR) is 93.0 cm³/mol. The highest BCUT2D eigenvalue weighted by Gasteiger charge is 2.05. The second-order valence-corrected chi connectivity index (χ2v) is 5.01. The third-order valence-electron chi connectivity index (χ3n) is 3.19. The van der Waals surface area contributed by atoms with Gasteiger partial charge in [-0.3, -0.25) is 0 Å². The molecule has 0 bridgehead atoms. The normalized spacial score (nSPS) is 11.1. The maximum Gasteiger partial charge on any atom is 0.0458 e. The lowest BCUT2D eigenvalue weighted by Gasteiger charge is -2.21. The summed E-state index contributed by atoms with van der Waals surface area (Å²) in [6.07, 6.45) is 9.75. The first-order valence-electron chi connectivity index (χ1n) is 7.09. The maximum absolute atomic E-state index is 3.68. The van der Waals surface area contributed by atoms with E-state index < -0.39 is 0 Å². The fraction of sp³-hybridized carbons (Fsp3) is 0.100. The summed E-state index contributed by atoms with van der Waals surface area (Å²) in [6, 6.07) is 17.0. The average Bonchev–Trinajstić information content (AvgIpc) is 2.49. The molecular weight excluding hydrogens is 254 g/mol. The summed E-state index contributed by atoms with van der Waals surface area (Å²) in [5.74, 6) is 0. The molecule has 0 saturated heterocycles. The van der Waals surface area contributed by atoms with Gasteiger partial charge in [0.25, 0.3) is 0 Å². The molecular formula is C20H21N. The molecule has 0 amide bonds. The zero-order valence-corrected chi connectivity index (χ0v) is 12.7. The molecule has 2 rings (SSSR count). The van der Waals surface area contributed by atoms with Crippen molar-refractivity contribution in [2.75, 3.05) is 4.90 Å². The third kappa shape index (κ3) is 4.22. The van der Waals surface area contributed by atoms with Crippen LogP contribution in [-0.2, 0) is 0 Å². The molecule has 2 aromatic carbocycles. The molecule has 106 valence electrons. The Bertz CT molecular complexity index is 648. The van der Waals surface area contributed by atoms with Gasteiger partial charge in [0.1, 0.15) is 0 Å². The largest absolute Gasteiger partial charge is 0.317 e. The molecule has 0 aromatic heterocycles. The summed E-state index contributed by atoms with van der Waals surface area (Å²) in [6.45, 7) is 7.89. The Morgan fingerprint density at radius 1 is 0.810 bits per heavy atom. The van der Waals surface area contributed by atoms with Gasteiger partial charge in [0, 0.05) is 17.6 Å². The summed E-state index contributed by atoms with van der Waals surface area (Å²) < 4.78 is 0. The van der Waals surface area contributed by atoms with E-state index in [1.807, 2.05) is 18.2 Å². The Labute approximate surface area is 127 Å². The Morgan fingerprint density at radius 3 is 2.24 bits per heavy atom. The minimum absolute atomic E-state index is 1.15. The van der Waals surface area contributed by atoms with Crippen molar-refractivity contribution in [3.8, 4) is 0 Å². The molecule has 0 atom stereocenters. The summed E-state index contributed by atoms with van der Waals surface area (Å²) in [7, 11) is 0. The van der Waals surface area contributed by atoms with Gasteiger partial charge in [-0.25, -0.2) is 0 Å². The van der Waals surface area contributed by atoms with E-state index in [9.17, 15) is 0 Å². The first-order chi connectivity index (χ1) is 10.2. The van der Waals surface area contributed by atoms with Crippen molar-refractivity contribution in [2.45, 2.75) is 13.8 Å². The number of hydrogen-bond donors (Lipinski definition) is 0. The number of benzene rings is 2. The van der Waals surface area contributed by atoms with E-state index in [0.717, 1.165) is 11.4 Å². The van der Waals surface area contributed by atoms with Crippen LogP contribution in [0.3, 0.4) is 0 Å². The minimum Gasteiger partial charge on any atom is -0.317 e. The standard InChI is InChI=1S/C20H21N/c1-4-5-6-7-15-21(19-13-11-17(2)12-14-19)20-10-8-9-18(3)16-20/h4-16H,1H2,2-3H3/b6-5-,15-7+. The summed E-state index contributed by atoms with van der Waals surface area (Å²) in [5, 5.41) is 0. The maximum atomic E-state index is 3.68. The van der Waals surface area contributed by atoms with E-state index in [-0.39, 0.29) is 0 Å². The quantitative estimate of drug-likeness (QED) is 0.633. The molecule has 0 saturated carbocycles. The van der Waals surface area contributed by atoms with Crippen molar-refractivity contribution < 1.29 is 0 Å². The lowest BCUT2D eigenvalue weighted by atomic mass is 10.1. The van der Waals surface area contributed by atoms with Crippen LogP contribution in [-0.4, -0.2) is 0 Å². The average molecular weight is 275 g/mol. The molecule has 0 aliphatic heterocycles. The lowest BCUT2D eigenvalue weighted by molar-refractivity contribution is 1.26. The van der Waals surface area contributed by atoms with Gasteiger partial charge < -0.3 is 4.90 Å². The van der Waals surface area contributed by atoms with E-state index in [4.69, 9.17) is 0 Å². The SMILES string of the molecule is C=C/C=C\C=C\N(c1ccc(C)cc1)c1cccc(C)c1. The van der Waals surface area contributed by atoms with Crippen LogP contribution in [0, 0.1) is 13.8 Å². The van der Waals surface area contributed by atoms with Gasteiger partial charge in [-0.2, -0.15) is 0 Å². The second kappa shape index (κ2) is 7.30. The molecule has 1 heteroatoms. The number of aryl methyl sites for hydroxylation is 2. The molecule has 21 heavy (non-hydrogen) atoms. The van der Waals surface area contributed by atoms with Gasteiger partial charge in [0.05, 0.1) is 0 Å². The van der Waals surface area contributed by atoms with E-state index in [1.165, 1.54) is 11.1 Å². The molecule has 0 radical (unpaired) electrons. The highest BCUT2D eigenvalue weighted by Crippen LogP contribution is 2.26. The zero-order chi connectivity index (χ0) is 15.1. The first kappa shape index (κ1) is 14.9. The first-order valence-corrected chi connectivity index (χ1v) is 7.09. The van der Waals surface area contributed by atoms with E-state index >= 15 is 0 Å². The van der Waals surface area contributed by atoms with Crippen molar-refractivity contribution in [3.63, 3.8) is 0 Å². The van der Waals surface area contributed by atoms with Crippen LogP contribution in [0.1, 0.15) is 11.1 Å². The van der Waals surface area contributed by atoms with Crippen LogP contribution in [0.2, 0.25) is 0 Å². The number of rotatable bonds is 5. The highest BCUT2D eigenvalue weighted by atomic mass is 15.1. The van der Waals surface area contributed by atoms with Crippen molar-refractivity contribution in [2.24, 2.45) is 0 Å². The van der Waals surface area contributed by atoms with Crippen molar-refractivity contribution >= 4 is 11.4 Å². The van der Waals surface area contributed by atoms with Gasteiger partial charge in [-0.1, -0.05) is 54.6 Å². The van der Waals surface area contributed by atoms with E-state index in [2.05, 4.69) is 80.1 Å². The van der Waals surface area contributed by atoms with Crippen LogP contribution < -0.4 is 4.90 Å². The second-order valence-electron chi connectivity index (χ2n) is 5.01. The van der Waals surface area contributed by atoms with Crippen LogP contribution in [0.15, 0.2) is 85.6 Å². The van der Waals surface area contributed by atoms with Gasteiger partial charge in [-0.15, -0.1) is 0 Å². The minimum atomic E-state index is 1.15.